The van der Waals surface area contributed by atoms with Gasteiger partial charge < -0.3 is 0 Å². The van der Waals surface area contributed by atoms with Gasteiger partial charge in [-0.05, 0) is 47.5 Å². The zero-order valence-electron chi connectivity index (χ0n) is 16.3. The summed E-state index contributed by atoms with van der Waals surface area (Å²) in [4.78, 5) is 5.77. The molecule has 0 bridgehead atoms. The maximum Gasteiger partial charge on any atom is 0.214 e. The van der Waals surface area contributed by atoms with Crippen molar-refractivity contribution >= 4 is 53.3 Å². The molecule has 0 aliphatic rings. The minimum absolute atomic E-state index is 1.10. The van der Waals surface area contributed by atoms with Gasteiger partial charge >= 0.3 is 0 Å². The Morgan fingerprint density at radius 1 is 0.793 bits per heavy atom. The molecule has 3 aromatic heterocycles. The molecule has 2 nitrogen and oxygen atoms in total. The van der Waals surface area contributed by atoms with Gasteiger partial charge in [-0.2, -0.15) is 4.57 Å². The van der Waals surface area contributed by atoms with Gasteiger partial charge in [0.2, 0.25) is 11.2 Å². The predicted molar refractivity (Wildman–Crippen MR) is 123 cm³/mol. The number of thiophene rings is 1. The van der Waals surface area contributed by atoms with Crippen LogP contribution in [0.5, 0.6) is 0 Å². The van der Waals surface area contributed by atoms with Crippen molar-refractivity contribution in [2.24, 2.45) is 7.05 Å². The van der Waals surface area contributed by atoms with Gasteiger partial charge in [0.1, 0.15) is 11.9 Å². The summed E-state index contributed by atoms with van der Waals surface area (Å²) in [7, 11) is 2.17. The Bertz CT molecular complexity index is 1580. The molecule has 0 unspecified atom stereocenters. The minimum Gasteiger partial charge on any atom is -0.245 e. The maximum absolute atomic E-state index is 4.67. The third kappa shape index (κ3) is 2.28. The number of hydrogen-bond acceptors (Lipinski definition) is 2. The van der Waals surface area contributed by atoms with Gasteiger partial charge in [0, 0.05) is 34.5 Å². The molecule has 0 saturated carbocycles. The molecule has 6 aromatic rings. The molecule has 3 heteroatoms. The van der Waals surface area contributed by atoms with Crippen LogP contribution in [0.3, 0.4) is 0 Å². The summed E-state index contributed by atoms with van der Waals surface area (Å²) in [6.07, 6.45) is 1.89. The third-order valence-corrected chi connectivity index (χ3v) is 7.14. The smallest absolute Gasteiger partial charge is 0.214 e. The van der Waals surface area contributed by atoms with Gasteiger partial charge in [-0.15, -0.1) is 11.3 Å². The molecular weight excluding hydrogens is 372 g/mol. The van der Waals surface area contributed by atoms with Crippen molar-refractivity contribution in [3.05, 3.63) is 84.6 Å². The van der Waals surface area contributed by atoms with Crippen LogP contribution < -0.4 is 4.57 Å². The van der Waals surface area contributed by atoms with Crippen LogP contribution in [0.2, 0.25) is 0 Å². The largest absolute Gasteiger partial charge is 0.245 e. The Kier molecular flexibility index (Phi) is 3.50. The number of pyridine rings is 2. The van der Waals surface area contributed by atoms with E-state index in [-0.39, 0.29) is 0 Å². The summed E-state index contributed by atoms with van der Waals surface area (Å²) in [6.45, 7) is 2.25. The summed E-state index contributed by atoms with van der Waals surface area (Å²) < 4.78 is 3.64. The van der Waals surface area contributed by atoms with Crippen molar-refractivity contribution in [2.75, 3.05) is 0 Å². The van der Waals surface area contributed by atoms with Gasteiger partial charge in [0.05, 0.1) is 10.3 Å². The van der Waals surface area contributed by atoms with E-state index in [1.165, 1.54) is 54.0 Å². The average molecular weight is 392 g/mol. The van der Waals surface area contributed by atoms with Crippen LogP contribution in [0.15, 0.2) is 79.0 Å². The Morgan fingerprint density at radius 3 is 2.45 bits per heavy atom. The van der Waals surface area contributed by atoms with Crippen molar-refractivity contribution in [2.45, 2.75) is 6.92 Å². The van der Waals surface area contributed by atoms with Crippen LogP contribution in [0.4, 0.5) is 0 Å². The lowest BCUT2D eigenvalue weighted by atomic mass is 9.93. The van der Waals surface area contributed by atoms with Crippen LogP contribution >= 0.6 is 11.3 Å². The molecule has 0 N–H and O–H groups in total. The molecule has 6 rings (SSSR count). The Balaban J connectivity index is 1.86. The van der Waals surface area contributed by atoms with E-state index in [9.17, 15) is 0 Å². The SMILES string of the molecule is Cc1c(-c2ccc3ccccc3[n+]2C)c2sc3ncccc3c2c2ccccc12. The van der Waals surface area contributed by atoms with Crippen LogP contribution in [0.25, 0.3) is 53.2 Å². The van der Waals surface area contributed by atoms with Crippen molar-refractivity contribution in [3.63, 3.8) is 0 Å². The lowest BCUT2D eigenvalue weighted by Crippen LogP contribution is -2.32. The summed E-state index contributed by atoms with van der Waals surface area (Å²) in [5, 5.41) is 6.44. The summed E-state index contributed by atoms with van der Waals surface area (Å²) in [5.41, 5.74) is 5.12. The topological polar surface area (TPSA) is 16.8 Å². The second-order valence-corrected chi connectivity index (χ2v) is 8.54. The quantitative estimate of drug-likeness (QED) is 0.290. The molecule has 0 fully saturated rings. The predicted octanol–water partition coefficient (Wildman–Crippen LogP) is 6.56. The third-order valence-electron chi connectivity index (χ3n) is 6.01. The van der Waals surface area contributed by atoms with Crippen molar-refractivity contribution in [1.29, 1.82) is 0 Å². The first kappa shape index (κ1) is 16.6. The highest BCUT2D eigenvalue weighted by atomic mass is 32.1. The number of hydrogen-bond donors (Lipinski definition) is 0. The highest BCUT2D eigenvalue weighted by molar-refractivity contribution is 7.26. The van der Waals surface area contributed by atoms with Crippen LogP contribution in [-0.4, -0.2) is 4.98 Å². The van der Waals surface area contributed by atoms with Gasteiger partial charge in [0.15, 0.2) is 0 Å². The average Bonchev–Trinajstić information content (AvgIpc) is 3.15. The normalized spacial score (nSPS) is 11.8. The molecule has 3 aromatic carbocycles. The maximum atomic E-state index is 4.67. The summed E-state index contributed by atoms with van der Waals surface area (Å²) in [6, 6.07) is 26.1. The van der Waals surface area contributed by atoms with Crippen molar-refractivity contribution in [3.8, 4) is 11.3 Å². The number of para-hydroxylation sites is 1. The van der Waals surface area contributed by atoms with E-state index in [1.54, 1.807) is 11.3 Å². The molecule has 0 amide bonds. The van der Waals surface area contributed by atoms with Gasteiger partial charge in [0.25, 0.3) is 0 Å². The number of nitrogens with zero attached hydrogens (tertiary/aromatic N) is 2. The van der Waals surface area contributed by atoms with Gasteiger partial charge in [-0.25, -0.2) is 4.98 Å². The zero-order chi connectivity index (χ0) is 19.5. The molecule has 3 heterocycles. The van der Waals surface area contributed by atoms with E-state index in [1.807, 2.05) is 12.3 Å². The number of rotatable bonds is 1. The second kappa shape index (κ2) is 6.10. The molecule has 138 valence electrons. The van der Waals surface area contributed by atoms with Crippen molar-refractivity contribution < 1.29 is 4.57 Å². The van der Waals surface area contributed by atoms with Crippen LogP contribution in [0, 0.1) is 6.92 Å². The Labute approximate surface area is 172 Å². The van der Waals surface area contributed by atoms with Crippen LogP contribution in [-0.2, 0) is 7.05 Å². The highest BCUT2D eigenvalue weighted by Gasteiger charge is 2.23. The van der Waals surface area contributed by atoms with E-state index in [0.717, 1.165) is 4.83 Å². The molecular formula is C26H19N2S+. The fraction of sp³-hybridized carbons (Fsp3) is 0.0769. The lowest BCUT2D eigenvalue weighted by Gasteiger charge is -2.12. The fourth-order valence-electron chi connectivity index (χ4n) is 4.61. The molecule has 0 saturated heterocycles. The first-order valence-corrected chi connectivity index (χ1v) is 10.6. The van der Waals surface area contributed by atoms with E-state index in [0.29, 0.717) is 0 Å². The Hall–Kier alpha value is -3.30. The second-order valence-electron chi connectivity index (χ2n) is 7.54. The fourth-order valence-corrected chi connectivity index (χ4v) is 5.88. The van der Waals surface area contributed by atoms with Gasteiger partial charge in [-0.1, -0.05) is 36.4 Å². The molecule has 0 atom stereocenters. The first-order valence-electron chi connectivity index (χ1n) is 9.81. The lowest BCUT2D eigenvalue weighted by molar-refractivity contribution is -0.633. The molecule has 29 heavy (non-hydrogen) atoms. The summed E-state index contributed by atoms with van der Waals surface area (Å²) in [5.74, 6) is 0. The first-order chi connectivity index (χ1) is 14.2. The highest BCUT2D eigenvalue weighted by Crippen LogP contribution is 2.45. The standard InChI is InChI=1S/C26H19N2S/c1-16-18-9-4-5-10-19(18)24-20-11-7-15-27-26(20)29-25(24)23(16)22-14-13-17-8-3-6-12-21(17)28(22)2/h3-15H,1-2H3/q+1. The molecule has 0 aliphatic carbocycles. The molecule has 0 aliphatic heterocycles. The summed E-state index contributed by atoms with van der Waals surface area (Å²) >= 11 is 1.80. The van der Waals surface area contributed by atoms with E-state index >= 15 is 0 Å². The van der Waals surface area contributed by atoms with Gasteiger partial charge in [-0.3, -0.25) is 0 Å². The van der Waals surface area contributed by atoms with E-state index in [2.05, 4.69) is 90.3 Å². The van der Waals surface area contributed by atoms with Crippen molar-refractivity contribution in [1.82, 2.24) is 4.98 Å². The monoisotopic (exact) mass is 391 g/mol. The minimum atomic E-state index is 1.10. The van der Waals surface area contributed by atoms with E-state index in [4.69, 9.17) is 0 Å². The number of benzene rings is 3. The number of aromatic nitrogens is 2. The zero-order valence-corrected chi connectivity index (χ0v) is 17.1. The number of fused-ring (bicyclic) bond motifs is 6. The van der Waals surface area contributed by atoms with E-state index < -0.39 is 0 Å². The number of aryl methyl sites for hydroxylation is 2. The molecule has 0 radical (unpaired) electrons. The van der Waals surface area contributed by atoms with Crippen LogP contribution in [0.1, 0.15) is 5.56 Å². The molecule has 0 spiro atoms. The Morgan fingerprint density at radius 2 is 1.55 bits per heavy atom.